The summed E-state index contributed by atoms with van der Waals surface area (Å²) in [6.07, 6.45) is 6.79. The molecule has 1 aromatic carbocycles. The Labute approximate surface area is 155 Å². The Hall–Kier alpha value is -2.21. The van der Waals surface area contributed by atoms with Crippen molar-refractivity contribution in [2.45, 2.75) is 19.9 Å². The van der Waals surface area contributed by atoms with Gasteiger partial charge in [0.25, 0.3) is 5.91 Å². The average Bonchev–Trinajstić information content (AvgIpc) is 2.82. The van der Waals surface area contributed by atoms with Crippen LogP contribution in [0.1, 0.15) is 12.0 Å². The highest BCUT2D eigenvalue weighted by atomic mass is 35.5. The fraction of sp³-hybridized carbons (Fsp3) is 0.444. The van der Waals surface area contributed by atoms with E-state index in [0.29, 0.717) is 6.54 Å². The number of rotatable bonds is 3. The summed E-state index contributed by atoms with van der Waals surface area (Å²) in [6, 6.07) is 6.16. The van der Waals surface area contributed by atoms with Crippen molar-refractivity contribution >= 4 is 17.3 Å². The number of nitrogen functional groups attached to an aromatic ring is 1. The first-order valence-electron chi connectivity index (χ1n) is 8.43. The Morgan fingerprint density at radius 3 is 2.72 bits per heavy atom. The highest BCUT2D eigenvalue weighted by Crippen LogP contribution is 2.21. The van der Waals surface area contributed by atoms with Crippen LogP contribution in [0.2, 0.25) is 0 Å². The summed E-state index contributed by atoms with van der Waals surface area (Å²) in [7, 11) is 1.96. The molecule has 1 fully saturated rings. The van der Waals surface area contributed by atoms with Crippen molar-refractivity contribution in [3.05, 3.63) is 42.5 Å². The van der Waals surface area contributed by atoms with Crippen molar-refractivity contribution < 1.29 is 21.8 Å². The Morgan fingerprint density at radius 2 is 2.04 bits per heavy atom. The van der Waals surface area contributed by atoms with Crippen LogP contribution in [0, 0.1) is 6.92 Å². The monoisotopic (exact) mass is 363 g/mol. The lowest BCUT2D eigenvalue weighted by molar-refractivity contribution is -0.671. The number of nitrogens with zero attached hydrogens (tertiary/aromatic N) is 4. The van der Waals surface area contributed by atoms with Crippen molar-refractivity contribution in [3.8, 4) is 0 Å². The van der Waals surface area contributed by atoms with Gasteiger partial charge in [-0.3, -0.25) is 4.79 Å². The van der Waals surface area contributed by atoms with Gasteiger partial charge in [-0.2, -0.15) is 0 Å². The summed E-state index contributed by atoms with van der Waals surface area (Å²) < 4.78 is 3.87. The summed E-state index contributed by atoms with van der Waals surface area (Å²) in [6.45, 7) is 5.83. The van der Waals surface area contributed by atoms with Crippen LogP contribution in [0.5, 0.6) is 0 Å². The van der Waals surface area contributed by atoms with Crippen LogP contribution >= 0.6 is 0 Å². The molecule has 0 spiro atoms. The summed E-state index contributed by atoms with van der Waals surface area (Å²) >= 11 is 0. The number of anilines is 2. The minimum atomic E-state index is 0. The number of hydrogen-bond acceptors (Lipinski definition) is 3. The lowest BCUT2D eigenvalue weighted by Crippen LogP contribution is -3.00. The first-order valence-corrected chi connectivity index (χ1v) is 8.43. The van der Waals surface area contributed by atoms with Gasteiger partial charge in [-0.25, -0.2) is 9.13 Å². The van der Waals surface area contributed by atoms with E-state index in [1.54, 1.807) is 0 Å². The van der Waals surface area contributed by atoms with Crippen molar-refractivity contribution in [1.82, 2.24) is 9.47 Å². The molecule has 0 saturated carbocycles. The summed E-state index contributed by atoms with van der Waals surface area (Å²) in [5.41, 5.74) is 9.03. The molecule has 136 valence electrons. The highest BCUT2D eigenvalue weighted by Gasteiger charge is 2.21. The number of imidazole rings is 1. The number of nitrogens with two attached hydrogens (primary N) is 1. The molecule has 6 nitrogen and oxygen atoms in total. The first-order chi connectivity index (χ1) is 11.5. The molecule has 0 atom stereocenters. The van der Waals surface area contributed by atoms with Crippen LogP contribution in [0.4, 0.5) is 11.4 Å². The molecule has 2 aromatic rings. The van der Waals surface area contributed by atoms with Crippen LogP contribution in [0.15, 0.2) is 36.9 Å². The second-order valence-electron chi connectivity index (χ2n) is 6.51. The van der Waals surface area contributed by atoms with Gasteiger partial charge in [0.05, 0.1) is 7.05 Å². The number of amides is 1. The van der Waals surface area contributed by atoms with E-state index >= 15 is 0 Å². The van der Waals surface area contributed by atoms with E-state index in [0.717, 1.165) is 43.9 Å². The molecule has 7 heteroatoms. The van der Waals surface area contributed by atoms with Crippen LogP contribution in [0.25, 0.3) is 0 Å². The number of benzene rings is 1. The summed E-state index contributed by atoms with van der Waals surface area (Å²) in [5, 5.41) is 0. The molecular weight excluding hydrogens is 338 g/mol. The second-order valence-corrected chi connectivity index (χ2v) is 6.51. The van der Waals surface area contributed by atoms with Gasteiger partial charge >= 0.3 is 0 Å². The molecule has 0 bridgehead atoms. The maximum atomic E-state index is 12.5. The summed E-state index contributed by atoms with van der Waals surface area (Å²) in [4.78, 5) is 16.9. The SMILES string of the molecule is Cc1cc(N2CCCN(C(=O)Cn3cc[n+](C)c3)CC2)ccc1N.[Cl-]. The predicted octanol–water partition coefficient (Wildman–Crippen LogP) is -2.05. The Balaban J connectivity index is 0.00000225. The molecule has 25 heavy (non-hydrogen) atoms. The van der Waals surface area contributed by atoms with Gasteiger partial charge in [0.2, 0.25) is 6.33 Å². The largest absolute Gasteiger partial charge is 1.00 e. The third-order valence-corrected chi connectivity index (χ3v) is 4.61. The van der Waals surface area contributed by atoms with E-state index in [1.807, 2.05) is 52.8 Å². The minimum absolute atomic E-state index is 0. The molecule has 0 aliphatic carbocycles. The van der Waals surface area contributed by atoms with E-state index in [-0.39, 0.29) is 18.3 Å². The predicted molar refractivity (Wildman–Crippen MR) is 94.6 cm³/mol. The molecule has 2 N–H and O–H groups in total. The van der Waals surface area contributed by atoms with E-state index in [2.05, 4.69) is 17.0 Å². The number of hydrogen-bond donors (Lipinski definition) is 1. The third kappa shape index (κ3) is 4.66. The molecule has 1 aliphatic rings. The number of aromatic nitrogens is 2. The average molecular weight is 364 g/mol. The molecule has 0 radical (unpaired) electrons. The Bertz CT molecular complexity index is 730. The lowest BCUT2D eigenvalue weighted by Gasteiger charge is -2.24. The molecule has 1 aliphatic heterocycles. The molecule has 1 amide bonds. The second kappa shape index (κ2) is 8.25. The van der Waals surface area contributed by atoms with Crippen molar-refractivity contribution in [3.63, 3.8) is 0 Å². The maximum absolute atomic E-state index is 12.5. The summed E-state index contributed by atoms with van der Waals surface area (Å²) in [5.74, 6) is 0.182. The van der Waals surface area contributed by atoms with Gasteiger partial charge in [0, 0.05) is 37.6 Å². The van der Waals surface area contributed by atoms with Gasteiger partial charge in [0.1, 0.15) is 12.4 Å². The minimum Gasteiger partial charge on any atom is -1.00 e. The maximum Gasteiger partial charge on any atom is 0.264 e. The standard InChI is InChI=1S/C18H26N5O.ClH/c1-15-12-16(4-5-17(15)19)22-6-3-7-23(11-10-22)18(24)13-21-9-8-20(2)14-21;/h4-5,8-9,12,14H,3,6-7,10-11,13,19H2,1-2H3;1H/q+1;/p-1. The van der Waals surface area contributed by atoms with Gasteiger partial charge in [0.15, 0.2) is 6.54 Å². The van der Waals surface area contributed by atoms with Gasteiger partial charge in [-0.15, -0.1) is 0 Å². The fourth-order valence-corrected chi connectivity index (χ4v) is 3.13. The van der Waals surface area contributed by atoms with E-state index in [1.165, 1.54) is 5.69 Å². The smallest absolute Gasteiger partial charge is 0.264 e. The molecule has 1 aromatic heterocycles. The number of halogens is 1. The Morgan fingerprint density at radius 1 is 1.24 bits per heavy atom. The molecule has 0 unspecified atom stereocenters. The number of carbonyl (C=O) groups is 1. The zero-order valence-corrected chi connectivity index (χ0v) is 15.6. The zero-order valence-electron chi connectivity index (χ0n) is 14.9. The molecule has 1 saturated heterocycles. The molecular formula is C18H26ClN5O. The highest BCUT2D eigenvalue weighted by molar-refractivity contribution is 5.76. The first kappa shape index (κ1) is 19.1. The normalized spacial score (nSPS) is 14.8. The van der Waals surface area contributed by atoms with Crippen molar-refractivity contribution in [2.75, 3.05) is 36.8 Å². The van der Waals surface area contributed by atoms with E-state index < -0.39 is 0 Å². The van der Waals surface area contributed by atoms with E-state index in [4.69, 9.17) is 5.73 Å². The quantitative estimate of drug-likeness (QED) is 0.504. The number of carbonyl (C=O) groups excluding carboxylic acids is 1. The van der Waals surface area contributed by atoms with Gasteiger partial charge in [-0.05, 0) is 37.1 Å². The van der Waals surface area contributed by atoms with E-state index in [9.17, 15) is 4.79 Å². The topological polar surface area (TPSA) is 58.4 Å². The lowest BCUT2D eigenvalue weighted by atomic mass is 10.1. The third-order valence-electron chi connectivity index (χ3n) is 4.61. The van der Waals surface area contributed by atoms with Crippen LogP contribution in [-0.4, -0.2) is 41.6 Å². The zero-order chi connectivity index (χ0) is 17.1. The van der Waals surface area contributed by atoms with Gasteiger partial charge in [-0.1, -0.05) is 0 Å². The molecule has 3 rings (SSSR count). The van der Waals surface area contributed by atoms with Crippen LogP contribution < -0.4 is 27.6 Å². The van der Waals surface area contributed by atoms with Gasteiger partial charge < -0.3 is 27.9 Å². The van der Waals surface area contributed by atoms with Crippen molar-refractivity contribution in [1.29, 1.82) is 0 Å². The Kier molecular flexibility index (Phi) is 6.31. The van der Waals surface area contributed by atoms with Crippen LogP contribution in [0.3, 0.4) is 0 Å². The fourth-order valence-electron chi connectivity index (χ4n) is 3.13. The van der Waals surface area contributed by atoms with Crippen molar-refractivity contribution in [2.24, 2.45) is 7.05 Å². The van der Waals surface area contributed by atoms with Crippen LogP contribution in [-0.2, 0) is 18.4 Å². The number of aryl methyl sites for hydroxylation is 2. The molecule has 2 heterocycles.